The SMILES string of the molecule is CCN(C1CCS(=O)(=O)C1)S(=O)(=O)c1cc(N2C(=O)CCC2=O)ccc1OC. The van der Waals surface area contributed by atoms with Gasteiger partial charge in [-0.05, 0) is 24.6 Å². The van der Waals surface area contributed by atoms with Crippen LogP contribution in [0.1, 0.15) is 26.2 Å². The van der Waals surface area contributed by atoms with E-state index in [1.54, 1.807) is 6.92 Å². The van der Waals surface area contributed by atoms with E-state index in [9.17, 15) is 26.4 Å². The summed E-state index contributed by atoms with van der Waals surface area (Å²) in [7, 11) is -6.08. The largest absolute Gasteiger partial charge is 0.495 e. The smallest absolute Gasteiger partial charge is 0.247 e. The molecule has 2 heterocycles. The van der Waals surface area contributed by atoms with Gasteiger partial charge in [0, 0.05) is 25.4 Å². The summed E-state index contributed by atoms with van der Waals surface area (Å²) in [6.45, 7) is 1.71. The summed E-state index contributed by atoms with van der Waals surface area (Å²) < 4.78 is 56.6. The van der Waals surface area contributed by atoms with Gasteiger partial charge in [0.2, 0.25) is 21.8 Å². The van der Waals surface area contributed by atoms with Gasteiger partial charge in [0.15, 0.2) is 9.84 Å². The van der Waals surface area contributed by atoms with Crippen LogP contribution in [0.25, 0.3) is 0 Å². The molecule has 0 radical (unpaired) electrons. The number of ether oxygens (including phenoxy) is 1. The zero-order chi connectivity index (χ0) is 20.7. The Bertz CT molecular complexity index is 1000. The number of hydrogen-bond acceptors (Lipinski definition) is 7. The van der Waals surface area contributed by atoms with Crippen LogP contribution in [0, 0.1) is 0 Å². The van der Waals surface area contributed by atoms with Crippen LogP contribution in [-0.2, 0) is 29.4 Å². The first-order chi connectivity index (χ1) is 13.1. The van der Waals surface area contributed by atoms with Crippen molar-refractivity contribution in [1.29, 1.82) is 0 Å². The molecule has 0 N–H and O–H groups in total. The van der Waals surface area contributed by atoms with E-state index in [-0.39, 0.29) is 53.6 Å². The summed E-state index contributed by atoms with van der Waals surface area (Å²) in [6, 6.07) is 3.42. The van der Waals surface area contributed by atoms with Crippen molar-refractivity contribution in [2.75, 3.05) is 30.1 Å². The molecule has 2 fully saturated rings. The first-order valence-electron chi connectivity index (χ1n) is 8.87. The van der Waals surface area contributed by atoms with Gasteiger partial charge < -0.3 is 4.74 Å². The molecule has 1 aromatic rings. The minimum atomic E-state index is -4.12. The van der Waals surface area contributed by atoms with Crippen LogP contribution in [-0.4, -0.2) is 64.2 Å². The molecule has 9 nitrogen and oxygen atoms in total. The first kappa shape index (κ1) is 20.7. The molecule has 3 rings (SSSR count). The van der Waals surface area contributed by atoms with E-state index < -0.39 is 37.7 Å². The molecule has 1 aromatic carbocycles. The topological polar surface area (TPSA) is 118 Å². The normalized spacial score (nSPS) is 22.2. The number of sulfone groups is 1. The van der Waals surface area contributed by atoms with Crippen molar-refractivity contribution in [2.45, 2.75) is 37.1 Å². The minimum Gasteiger partial charge on any atom is -0.495 e. The number of nitrogens with zero attached hydrogens (tertiary/aromatic N) is 2. The van der Waals surface area contributed by atoms with E-state index in [0.29, 0.717) is 0 Å². The Labute approximate surface area is 164 Å². The fourth-order valence-corrected chi connectivity index (χ4v) is 7.29. The lowest BCUT2D eigenvalue weighted by Gasteiger charge is -2.27. The predicted molar refractivity (Wildman–Crippen MR) is 101 cm³/mol. The number of carbonyl (C=O) groups excluding carboxylic acids is 2. The molecule has 11 heteroatoms. The molecule has 1 unspecified atom stereocenters. The number of benzene rings is 1. The van der Waals surface area contributed by atoms with Gasteiger partial charge in [-0.2, -0.15) is 4.31 Å². The second-order valence-electron chi connectivity index (χ2n) is 6.72. The summed E-state index contributed by atoms with van der Waals surface area (Å²) in [6.07, 6.45) is 0.377. The van der Waals surface area contributed by atoms with Crippen LogP contribution in [0.4, 0.5) is 5.69 Å². The number of methoxy groups -OCH3 is 1. The predicted octanol–water partition coefficient (Wildman–Crippen LogP) is 0.546. The highest BCUT2D eigenvalue weighted by Gasteiger charge is 2.40. The number of imide groups is 1. The molecule has 0 saturated carbocycles. The third kappa shape index (κ3) is 3.65. The molecule has 2 amide bonds. The monoisotopic (exact) mass is 430 g/mol. The van der Waals surface area contributed by atoms with E-state index in [4.69, 9.17) is 4.74 Å². The molecule has 0 spiro atoms. The molecule has 0 aliphatic carbocycles. The van der Waals surface area contributed by atoms with E-state index in [2.05, 4.69) is 0 Å². The zero-order valence-electron chi connectivity index (χ0n) is 15.6. The second kappa shape index (κ2) is 7.45. The maximum Gasteiger partial charge on any atom is 0.247 e. The second-order valence-corrected chi connectivity index (χ2v) is 10.8. The Morgan fingerprint density at radius 3 is 2.36 bits per heavy atom. The van der Waals surface area contributed by atoms with Gasteiger partial charge in [-0.1, -0.05) is 6.92 Å². The Kier molecular flexibility index (Phi) is 5.52. The molecule has 154 valence electrons. The van der Waals surface area contributed by atoms with E-state index in [1.807, 2.05) is 0 Å². The Morgan fingerprint density at radius 1 is 1.21 bits per heavy atom. The van der Waals surface area contributed by atoms with Crippen molar-refractivity contribution < 1.29 is 31.2 Å². The van der Waals surface area contributed by atoms with Gasteiger partial charge in [0.05, 0.1) is 24.3 Å². The number of carbonyl (C=O) groups is 2. The summed E-state index contributed by atoms with van der Waals surface area (Å²) in [4.78, 5) is 24.8. The Morgan fingerprint density at radius 2 is 1.86 bits per heavy atom. The first-order valence-corrected chi connectivity index (χ1v) is 12.1. The summed E-state index contributed by atoms with van der Waals surface area (Å²) in [5, 5.41) is 0. The zero-order valence-corrected chi connectivity index (χ0v) is 17.3. The average molecular weight is 431 g/mol. The molecule has 0 bridgehead atoms. The number of amides is 2. The highest BCUT2D eigenvalue weighted by molar-refractivity contribution is 7.92. The highest BCUT2D eigenvalue weighted by atomic mass is 32.2. The Hall–Kier alpha value is -1.98. The minimum absolute atomic E-state index is 0.0575. The average Bonchev–Trinajstić information content (AvgIpc) is 3.16. The van der Waals surface area contributed by atoms with Gasteiger partial charge in [-0.25, -0.2) is 16.8 Å². The van der Waals surface area contributed by atoms with Crippen molar-refractivity contribution in [3.8, 4) is 5.75 Å². The molecular weight excluding hydrogens is 408 g/mol. The van der Waals surface area contributed by atoms with Gasteiger partial charge in [-0.15, -0.1) is 0 Å². The maximum absolute atomic E-state index is 13.3. The summed E-state index contributed by atoms with van der Waals surface area (Å²) in [5.74, 6) is -1.02. The third-order valence-corrected chi connectivity index (χ3v) is 8.77. The van der Waals surface area contributed by atoms with E-state index in [0.717, 1.165) is 9.21 Å². The molecule has 0 aromatic heterocycles. The van der Waals surface area contributed by atoms with Crippen molar-refractivity contribution in [3.63, 3.8) is 0 Å². The lowest BCUT2D eigenvalue weighted by atomic mass is 10.2. The van der Waals surface area contributed by atoms with Crippen molar-refractivity contribution in [2.24, 2.45) is 0 Å². The number of rotatable bonds is 6. The van der Waals surface area contributed by atoms with Gasteiger partial charge in [-0.3, -0.25) is 14.5 Å². The van der Waals surface area contributed by atoms with Gasteiger partial charge >= 0.3 is 0 Å². The fourth-order valence-electron chi connectivity index (χ4n) is 3.62. The van der Waals surface area contributed by atoms with Gasteiger partial charge in [0.25, 0.3) is 0 Å². The van der Waals surface area contributed by atoms with Crippen LogP contribution >= 0.6 is 0 Å². The van der Waals surface area contributed by atoms with Crippen LogP contribution in [0.15, 0.2) is 23.1 Å². The third-order valence-electron chi connectivity index (χ3n) is 4.97. The van der Waals surface area contributed by atoms with Crippen LogP contribution < -0.4 is 9.64 Å². The molecule has 28 heavy (non-hydrogen) atoms. The standard InChI is InChI=1S/C17H22N2O7S2/c1-3-18(13-8-9-27(22,23)11-13)28(24,25)15-10-12(4-5-14(15)26-2)19-16(20)6-7-17(19)21/h4-5,10,13H,3,6-9,11H2,1-2H3. The quantitative estimate of drug-likeness (QED) is 0.605. The molecular formula is C17H22N2O7S2. The van der Waals surface area contributed by atoms with Crippen molar-refractivity contribution in [3.05, 3.63) is 18.2 Å². The van der Waals surface area contributed by atoms with E-state index >= 15 is 0 Å². The maximum atomic E-state index is 13.3. The van der Waals surface area contributed by atoms with Crippen LogP contribution in [0.3, 0.4) is 0 Å². The van der Waals surface area contributed by atoms with Gasteiger partial charge in [0.1, 0.15) is 10.6 Å². The summed E-state index contributed by atoms with van der Waals surface area (Å²) >= 11 is 0. The van der Waals surface area contributed by atoms with Crippen LogP contribution in [0.2, 0.25) is 0 Å². The Balaban J connectivity index is 2.05. The highest BCUT2D eigenvalue weighted by Crippen LogP contribution is 2.34. The van der Waals surface area contributed by atoms with Crippen molar-refractivity contribution in [1.82, 2.24) is 4.31 Å². The number of hydrogen-bond donors (Lipinski definition) is 0. The number of anilines is 1. The summed E-state index contributed by atoms with van der Waals surface area (Å²) in [5.41, 5.74) is 0.155. The lowest BCUT2D eigenvalue weighted by molar-refractivity contribution is -0.121. The molecule has 2 saturated heterocycles. The lowest BCUT2D eigenvalue weighted by Crippen LogP contribution is -2.41. The van der Waals surface area contributed by atoms with Crippen LogP contribution in [0.5, 0.6) is 5.75 Å². The van der Waals surface area contributed by atoms with E-state index in [1.165, 1.54) is 25.3 Å². The fraction of sp³-hybridized carbons (Fsp3) is 0.529. The van der Waals surface area contributed by atoms with Crippen molar-refractivity contribution >= 4 is 37.4 Å². The molecule has 1 atom stereocenters. The molecule has 2 aliphatic rings. The molecule has 2 aliphatic heterocycles. The number of sulfonamides is 1.